The van der Waals surface area contributed by atoms with Crippen molar-refractivity contribution in [2.45, 2.75) is 13.8 Å². The number of hydrogen-bond donors (Lipinski definition) is 1. The molecule has 0 amide bonds. The fraction of sp³-hybridized carbons (Fsp3) is 0.167. The van der Waals surface area contributed by atoms with Crippen molar-refractivity contribution in [1.29, 1.82) is 0 Å². The van der Waals surface area contributed by atoms with E-state index in [9.17, 15) is 0 Å². The summed E-state index contributed by atoms with van der Waals surface area (Å²) in [6.07, 6.45) is 0. The van der Waals surface area contributed by atoms with E-state index in [0.717, 1.165) is 27.4 Å². The molecule has 0 aliphatic carbocycles. The Labute approximate surface area is 104 Å². The van der Waals surface area contributed by atoms with Crippen LogP contribution < -0.4 is 0 Å². The first-order chi connectivity index (χ1) is 7.59. The van der Waals surface area contributed by atoms with Gasteiger partial charge in [-0.3, -0.25) is 5.10 Å². The van der Waals surface area contributed by atoms with E-state index in [0.29, 0.717) is 4.64 Å². The molecule has 2 rings (SSSR count). The molecule has 0 aliphatic heterocycles. The maximum absolute atomic E-state index is 5.85. The lowest BCUT2D eigenvalue weighted by atomic mass is 10.0. The largest absolute Gasteiger partial charge is 0.267 e. The molecule has 82 valence electrons. The zero-order valence-electron chi connectivity index (χ0n) is 9.04. The van der Waals surface area contributed by atoms with Crippen LogP contribution in [0.25, 0.3) is 11.3 Å². The van der Waals surface area contributed by atoms with Crippen LogP contribution in [0.15, 0.2) is 24.3 Å². The molecule has 0 saturated heterocycles. The highest BCUT2D eigenvalue weighted by Gasteiger charge is 2.06. The third kappa shape index (κ3) is 2.01. The van der Waals surface area contributed by atoms with E-state index in [-0.39, 0.29) is 0 Å². The van der Waals surface area contributed by atoms with Gasteiger partial charge in [0.2, 0.25) is 0 Å². The topological polar surface area (TPSA) is 28.7 Å². The molecule has 1 N–H and O–H groups in total. The molecule has 4 heteroatoms. The first-order valence-corrected chi connectivity index (χ1v) is 5.70. The maximum Gasteiger partial charge on any atom is 0.122 e. The minimum Gasteiger partial charge on any atom is -0.267 e. The molecule has 16 heavy (non-hydrogen) atoms. The Kier molecular flexibility index (Phi) is 3.08. The lowest BCUT2D eigenvalue weighted by Gasteiger charge is -2.07. The van der Waals surface area contributed by atoms with Crippen LogP contribution >= 0.6 is 23.8 Å². The van der Waals surface area contributed by atoms with Crippen molar-refractivity contribution in [3.8, 4) is 11.3 Å². The molecule has 1 heterocycles. The molecule has 1 aromatic heterocycles. The van der Waals surface area contributed by atoms with Gasteiger partial charge in [-0.15, -0.1) is 0 Å². The van der Waals surface area contributed by atoms with Gasteiger partial charge in [0.05, 0.1) is 5.69 Å². The number of aromatic nitrogens is 2. The molecule has 0 bridgehead atoms. The summed E-state index contributed by atoms with van der Waals surface area (Å²) in [5.74, 6) is 0. The maximum atomic E-state index is 5.85. The van der Waals surface area contributed by atoms with Crippen molar-refractivity contribution >= 4 is 23.8 Å². The quantitative estimate of drug-likeness (QED) is 0.773. The molecule has 0 unspecified atom stereocenters. The van der Waals surface area contributed by atoms with E-state index < -0.39 is 0 Å². The van der Waals surface area contributed by atoms with Gasteiger partial charge in [-0.2, -0.15) is 5.10 Å². The summed E-state index contributed by atoms with van der Waals surface area (Å²) in [4.78, 5) is 0. The minimum absolute atomic E-state index is 0.690. The standard InChI is InChI=1S/C12H11ClN2S/c1-7-8(2)12(16)15-14-11(7)9-3-5-10(13)6-4-9/h3-6H,1-2H3,(H,15,16). The van der Waals surface area contributed by atoms with E-state index in [2.05, 4.69) is 10.2 Å². The normalized spacial score (nSPS) is 10.4. The van der Waals surface area contributed by atoms with Crippen LogP contribution in [0.4, 0.5) is 0 Å². The van der Waals surface area contributed by atoms with Crippen LogP contribution in [0.2, 0.25) is 5.02 Å². The average Bonchev–Trinajstić information content (AvgIpc) is 2.28. The predicted octanol–water partition coefficient (Wildman–Crippen LogP) is 4.08. The average molecular weight is 251 g/mol. The number of nitrogens with one attached hydrogen (secondary N) is 1. The smallest absolute Gasteiger partial charge is 0.122 e. The minimum atomic E-state index is 0.690. The summed E-state index contributed by atoms with van der Waals surface area (Å²) in [5.41, 5.74) is 4.13. The van der Waals surface area contributed by atoms with Crippen molar-refractivity contribution in [1.82, 2.24) is 10.2 Å². The highest BCUT2D eigenvalue weighted by Crippen LogP contribution is 2.23. The summed E-state index contributed by atoms with van der Waals surface area (Å²) in [6.45, 7) is 4.02. The molecule has 0 atom stereocenters. The number of aromatic amines is 1. The Morgan fingerprint density at radius 3 is 2.38 bits per heavy atom. The second-order valence-corrected chi connectivity index (χ2v) is 4.50. The van der Waals surface area contributed by atoms with Gasteiger partial charge >= 0.3 is 0 Å². The van der Waals surface area contributed by atoms with Gasteiger partial charge in [0, 0.05) is 10.6 Å². The number of nitrogens with zero attached hydrogens (tertiary/aromatic N) is 1. The molecule has 0 aliphatic rings. The summed E-state index contributed by atoms with van der Waals surface area (Å²) in [5, 5.41) is 7.84. The first-order valence-electron chi connectivity index (χ1n) is 4.91. The van der Waals surface area contributed by atoms with Crippen LogP contribution in [-0.2, 0) is 0 Å². The van der Waals surface area contributed by atoms with Gasteiger partial charge in [-0.05, 0) is 37.1 Å². The van der Waals surface area contributed by atoms with Crippen LogP contribution in [0.3, 0.4) is 0 Å². The highest BCUT2D eigenvalue weighted by atomic mass is 35.5. The zero-order chi connectivity index (χ0) is 11.7. The van der Waals surface area contributed by atoms with Crippen LogP contribution in [0, 0.1) is 18.5 Å². The Balaban J connectivity index is 2.61. The Morgan fingerprint density at radius 2 is 1.75 bits per heavy atom. The van der Waals surface area contributed by atoms with E-state index in [1.807, 2.05) is 38.1 Å². The molecule has 0 spiro atoms. The molecular weight excluding hydrogens is 240 g/mol. The van der Waals surface area contributed by atoms with E-state index in [4.69, 9.17) is 23.8 Å². The van der Waals surface area contributed by atoms with E-state index in [1.165, 1.54) is 0 Å². The van der Waals surface area contributed by atoms with E-state index >= 15 is 0 Å². The monoisotopic (exact) mass is 250 g/mol. The third-order valence-electron chi connectivity index (χ3n) is 2.65. The zero-order valence-corrected chi connectivity index (χ0v) is 10.6. The Bertz CT molecular complexity index is 573. The van der Waals surface area contributed by atoms with Gasteiger partial charge in [-0.1, -0.05) is 36.0 Å². The van der Waals surface area contributed by atoms with Gasteiger partial charge < -0.3 is 0 Å². The molecule has 0 fully saturated rings. The Morgan fingerprint density at radius 1 is 1.12 bits per heavy atom. The molecule has 2 nitrogen and oxygen atoms in total. The summed E-state index contributed by atoms with van der Waals surface area (Å²) in [7, 11) is 0. The second kappa shape index (κ2) is 4.36. The number of halogens is 1. The van der Waals surface area contributed by atoms with Crippen molar-refractivity contribution < 1.29 is 0 Å². The van der Waals surface area contributed by atoms with Crippen LogP contribution in [-0.4, -0.2) is 10.2 Å². The fourth-order valence-corrected chi connectivity index (χ4v) is 1.84. The SMILES string of the molecule is Cc1c(-c2ccc(Cl)cc2)n[nH]c(=S)c1C. The number of benzene rings is 1. The Hall–Kier alpha value is -1.19. The lowest BCUT2D eigenvalue weighted by Crippen LogP contribution is -1.96. The molecule has 0 saturated carbocycles. The summed E-state index contributed by atoms with van der Waals surface area (Å²) in [6, 6.07) is 7.62. The molecular formula is C12H11ClN2S. The van der Waals surface area contributed by atoms with Gasteiger partial charge in [-0.25, -0.2) is 0 Å². The van der Waals surface area contributed by atoms with Crippen molar-refractivity contribution in [3.63, 3.8) is 0 Å². The highest BCUT2D eigenvalue weighted by molar-refractivity contribution is 7.71. The van der Waals surface area contributed by atoms with E-state index in [1.54, 1.807) is 0 Å². The number of rotatable bonds is 1. The molecule has 0 radical (unpaired) electrons. The van der Waals surface area contributed by atoms with Crippen LogP contribution in [0.5, 0.6) is 0 Å². The number of H-pyrrole nitrogens is 1. The molecule has 1 aromatic carbocycles. The summed E-state index contributed by atoms with van der Waals surface area (Å²) >= 11 is 11.0. The van der Waals surface area contributed by atoms with Crippen LogP contribution in [0.1, 0.15) is 11.1 Å². The third-order valence-corrected chi connectivity index (χ3v) is 3.29. The van der Waals surface area contributed by atoms with Gasteiger partial charge in [0.25, 0.3) is 0 Å². The van der Waals surface area contributed by atoms with Crippen molar-refractivity contribution in [2.24, 2.45) is 0 Å². The predicted molar refractivity (Wildman–Crippen MR) is 69.3 cm³/mol. The van der Waals surface area contributed by atoms with Crippen molar-refractivity contribution in [2.75, 3.05) is 0 Å². The second-order valence-electron chi connectivity index (χ2n) is 3.66. The lowest BCUT2D eigenvalue weighted by molar-refractivity contribution is 0.987. The van der Waals surface area contributed by atoms with Gasteiger partial charge in [0.15, 0.2) is 0 Å². The fourth-order valence-electron chi connectivity index (χ4n) is 1.51. The first kappa shape index (κ1) is 11.3. The summed E-state index contributed by atoms with van der Waals surface area (Å²) < 4.78 is 0.690. The van der Waals surface area contributed by atoms with Gasteiger partial charge in [0.1, 0.15) is 4.64 Å². The number of hydrogen-bond acceptors (Lipinski definition) is 2. The van der Waals surface area contributed by atoms with Crippen molar-refractivity contribution in [3.05, 3.63) is 45.1 Å². The molecule has 2 aromatic rings.